The third kappa shape index (κ3) is 5.29. The summed E-state index contributed by atoms with van der Waals surface area (Å²) in [4.78, 5) is 10.2. The van der Waals surface area contributed by atoms with Crippen LogP contribution in [0.2, 0.25) is 0 Å². The lowest BCUT2D eigenvalue weighted by Crippen LogP contribution is -4.24. The number of aliphatic hydroxyl groups excluding tert-OH is 2. The molecule has 11 heavy (non-hydrogen) atoms. The molecule has 0 aromatic rings. The van der Waals surface area contributed by atoms with Crippen molar-refractivity contribution in [3.8, 4) is 0 Å². The topological polar surface area (TPSA) is 136 Å². The van der Waals surface area contributed by atoms with Gasteiger partial charge in [-0.2, -0.15) is 0 Å². The lowest BCUT2D eigenvalue weighted by Gasteiger charge is -2.05. The summed E-state index contributed by atoms with van der Waals surface area (Å²) in [5.74, 6) is -1.65. The second-order valence-electron chi connectivity index (χ2n) is 1.47. The molecule has 0 rings (SSSR count). The van der Waals surface area contributed by atoms with Crippen LogP contribution >= 0.6 is 0 Å². The van der Waals surface area contributed by atoms with Crippen LogP contribution in [0.4, 0.5) is 0 Å². The lowest BCUT2D eigenvalue weighted by molar-refractivity contribution is -1.92. The van der Waals surface area contributed by atoms with Gasteiger partial charge in [0.2, 0.25) is 0 Å². The summed E-state index contributed by atoms with van der Waals surface area (Å²) in [5, 5.41) is 16.4. The average Bonchev–Trinajstić information content (AvgIpc) is 1.82. The molecule has 0 aromatic heterocycles. The molecular weight excluding hydrogens is 275 g/mol. The fourth-order valence-corrected chi connectivity index (χ4v) is 1.04. The minimum Gasteiger partial charge on any atom is -0.393 e. The van der Waals surface area contributed by atoms with Crippen LogP contribution < -0.4 is 30.4 Å². The quantitative estimate of drug-likeness (QED) is 0.490. The predicted molar refractivity (Wildman–Crippen MR) is 19.2 cm³/mol. The molecule has 7 nitrogen and oxygen atoms in total. The summed E-state index contributed by atoms with van der Waals surface area (Å²) >= 11 is -6.06. The smallest absolute Gasteiger partial charge is 0.393 e. The van der Waals surface area contributed by atoms with E-state index in [1.807, 2.05) is 0 Å². The Morgan fingerprint density at radius 2 is 2.00 bits per heavy atom. The third-order valence-electron chi connectivity index (χ3n) is 0.616. The van der Waals surface area contributed by atoms with Gasteiger partial charge in [0.05, 0.1) is 6.61 Å². The Balaban J connectivity index is 3.88. The largest absolute Gasteiger partial charge is 0.467 e. The SMILES string of the molecule is O=C(O[I+3]([O-])([O-])[O-])C(O)CO. The van der Waals surface area contributed by atoms with Crippen molar-refractivity contribution in [1.82, 2.24) is 0 Å². The fourth-order valence-electron chi connectivity index (χ4n) is 0.219. The molecule has 0 saturated carbocycles. The van der Waals surface area contributed by atoms with Crippen molar-refractivity contribution in [1.29, 1.82) is 0 Å². The van der Waals surface area contributed by atoms with Crippen molar-refractivity contribution in [3.05, 3.63) is 0 Å². The van der Waals surface area contributed by atoms with E-state index in [0.717, 1.165) is 0 Å². The van der Waals surface area contributed by atoms with E-state index in [1.54, 1.807) is 0 Å². The van der Waals surface area contributed by atoms with Gasteiger partial charge >= 0.3 is 26.1 Å². The Labute approximate surface area is 67.6 Å². The van der Waals surface area contributed by atoms with Crippen LogP contribution in [0.5, 0.6) is 0 Å². The van der Waals surface area contributed by atoms with Gasteiger partial charge in [-0.15, -0.1) is 0 Å². The van der Waals surface area contributed by atoms with Gasteiger partial charge in [0.25, 0.3) is 0 Å². The zero-order valence-electron chi connectivity index (χ0n) is 5.10. The average molecular weight is 280 g/mol. The number of rotatable bonds is 3. The van der Waals surface area contributed by atoms with Crippen LogP contribution in [0.1, 0.15) is 0 Å². The molecule has 0 radical (unpaired) electrons. The second kappa shape index (κ2) is 4.13. The Kier molecular flexibility index (Phi) is 4.13. The third-order valence-corrected chi connectivity index (χ3v) is 1.59. The summed E-state index contributed by atoms with van der Waals surface area (Å²) < 4.78 is 32.6. The molecule has 66 valence electrons. The monoisotopic (exact) mass is 280 g/mol. The maximum atomic E-state index is 10.2. The lowest BCUT2D eigenvalue weighted by atomic mass is 10.4. The summed E-state index contributed by atoms with van der Waals surface area (Å²) in [6.45, 7) is -0.990. The minimum atomic E-state index is -6.06. The molecular formula is C3H5IO7. The van der Waals surface area contributed by atoms with Gasteiger partial charge in [0.1, 0.15) is 0 Å². The van der Waals surface area contributed by atoms with Crippen molar-refractivity contribution < 1.29 is 48.5 Å². The van der Waals surface area contributed by atoms with Gasteiger partial charge in [0.15, 0.2) is 6.10 Å². The standard InChI is InChI=1S/C3H5IO7/c5-1-2(6)3(7)11-4(8,9)10/h2,5-6H,1H2. The summed E-state index contributed by atoms with van der Waals surface area (Å²) in [6, 6.07) is 0. The number of carbonyl (C=O) groups is 1. The molecule has 0 aliphatic carbocycles. The molecule has 0 heterocycles. The molecule has 0 saturated heterocycles. The van der Waals surface area contributed by atoms with Gasteiger partial charge in [-0.3, -0.25) is 0 Å². The first kappa shape index (κ1) is 11.0. The molecule has 0 amide bonds. The maximum Gasteiger partial charge on any atom is 0.467 e. The van der Waals surface area contributed by atoms with E-state index < -0.39 is 38.8 Å². The van der Waals surface area contributed by atoms with E-state index in [1.165, 1.54) is 0 Å². The van der Waals surface area contributed by atoms with Crippen LogP contribution in [-0.2, 0) is 7.86 Å². The molecule has 8 heteroatoms. The van der Waals surface area contributed by atoms with E-state index in [4.69, 9.17) is 10.2 Å². The number of carbonyl (C=O) groups excluding carboxylic acids is 1. The molecule has 0 aliphatic rings. The van der Waals surface area contributed by atoms with Crippen LogP contribution in [0.15, 0.2) is 0 Å². The van der Waals surface area contributed by atoms with Gasteiger partial charge in [-0.25, -0.2) is 15.1 Å². The summed E-state index contributed by atoms with van der Waals surface area (Å²) in [5.41, 5.74) is 0. The van der Waals surface area contributed by atoms with Crippen molar-refractivity contribution in [3.63, 3.8) is 0 Å². The van der Waals surface area contributed by atoms with Crippen molar-refractivity contribution in [2.24, 2.45) is 0 Å². The molecule has 0 aliphatic heterocycles. The Bertz CT molecular complexity index is 139. The number of hydrogen-bond donors (Lipinski definition) is 2. The first-order valence-corrected chi connectivity index (χ1v) is 5.82. The van der Waals surface area contributed by atoms with E-state index in [2.05, 4.69) is 3.07 Å². The molecule has 2 N–H and O–H groups in total. The maximum absolute atomic E-state index is 10.2. The highest BCUT2D eigenvalue weighted by atomic mass is 127. The first-order valence-electron chi connectivity index (χ1n) is 2.30. The highest BCUT2D eigenvalue weighted by molar-refractivity contribution is 5.73. The van der Waals surface area contributed by atoms with Gasteiger partial charge in [-0.05, 0) is 0 Å². The number of hydrogen-bond acceptors (Lipinski definition) is 7. The van der Waals surface area contributed by atoms with E-state index in [9.17, 15) is 15.1 Å². The summed E-state index contributed by atoms with van der Waals surface area (Å²) in [6.07, 6.45) is -1.98. The Morgan fingerprint density at radius 1 is 1.55 bits per heavy atom. The number of halogens is 1. The van der Waals surface area contributed by atoms with Crippen LogP contribution in [0, 0.1) is 0 Å². The van der Waals surface area contributed by atoms with Gasteiger partial charge in [0, 0.05) is 0 Å². The van der Waals surface area contributed by atoms with E-state index >= 15 is 0 Å². The molecule has 0 fully saturated rings. The number of aliphatic hydroxyl groups is 2. The predicted octanol–water partition coefficient (Wildman–Crippen LogP) is -8.22. The van der Waals surface area contributed by atoms with Crippen molar-refractivity contribution in [2.75, 3.05) is 6.61 Å². The van der Waals surface area contributed by atoms with Crippen LogP contribution in [0.25, 0.3) is 0 Å². The molecule has 0 aromatic carbocycles. The Hall–Kier alpha value is -0.0000000000000000694. The Morgan fingerprint density at radius 3 is 2.27 bits per heavy atom. The zero-order valence-corrected chi connectivity index (χ0v) is 7.26. The van der Waals surface area contributed by atoms with Crippen LogP contribution in [0.3, 0.4) is 0 Å². The second-order valence-corrected chi connectivity index (χ2v) is 4.07. The van der Waals surface area contributed by atoms with Gasteiger partial charge in [-0.1, -0.05) is 3.07 Å². The summed E-state index contributed by atoms with van der Waals surface area (Å²) in [7, 11) is 0. The van der Waals surface area contributed by atoms with Crippen molar-refractivity contribution in [2.45, 2.75) is 6.10 Å². The van der Waals surface area contributed by atoms with Gasteiger partial charge < -0.3 is 10.2 Å². The van der Waals surface area contributed by atoms with Crippen LogP contribution in [-0.4, -0.2) is 28.9 Å². The fraction of sp³-hybridized carbons (Fsp3) is 0.667. The molecule has 0 spiro atoms. The zero-order chi connectivity index (χ0) is 9.07. The normalized spacial score (nSPS) is 14.3. The minimum absolute atomic E-state index is 0.990. The molecule has 1 atom stereocenters. The molecule has 0 bridgehead atoms. The highest BCUT2D eigenvalue weighted by Crippen LogP contribution is 1.79. The van der Waals surface area contributed by atoms with Crippen molar-refractivity contribution >= 4 is 5.97 Å². The molecule has 1 unspecified atom stereocenters. The first-order chi connectivity index (χ1) is 4.87. The van der Waals surface area contributed by atoms with E-state index in [0.29, 0.717) is 0 Å². The van der Waals surface area contributed by atoms with E-state index in [-0.39, 0.29) is 0 Å². The highest BCUT2D eigenvalue weighted by Gasteiger charge is 2.36.